The van der Waals surface area contributed by atoms with Crippen molar-refractivity contribution in [2.45, 2.75) is 33.2 Å². The Hall–Kier alpha value is -3.15. The summed E-state index contributed by atoms with van der Waals surface area (Å²) >= 11 is 0. The molecule has 1 amide bonds. The molecule has 0 saturated carbocycles. The summed E-state index contributed by atoms with van der Waals surface area (Å²) in [5.41, 5.74) is 4.80. The van der Waals surface area contributed by atoms with Gasteiger partial charge in [-0.05, 0) is 48.7 Å². The number of ether oxygens (including phenoxy) is 1. The van der Waals surface area contributed by atoms with Gasteiger partial charge in [0, 0.05) is 45.4 Å². The number of anilines is 1. The summed E-state index contributed by atoms with van der Waals surface area (Å²) in [5.74, 6) is -0.954. The summed E-state index contributed by atoms with van der Waals surface area (Å²) < 4.78 is 5.05. The molecule has 160 valence electrons. The lowest BCUT2D eigenvalue weighted by Gasteiger charge is -2.18. The first-order valence-corrected chi connectivity index (χ1v) is 9.93. The summed E-state index contributed by atoms with van der Waals surface area (Å²) in [4.78, 5) is 39.9. The van der Waals surface area contributed by atoms with Crippen LogP contribution in [0.5, 0.6) is 0 Å². The summed E-state index contributed by atoms with van der Waals surface area (Å²) in [6.07, 6.45) is 0.0122. The van der Waals surface area contributed by atoms with Crippen molar-refractivity contribution in [3.05, 3.63) is 64.7 Å². The number of carbonyl (C=O) groups is 3. The second kappa shape index (κ2) is 10.6. The van der Waals surface area contributed by atoms with Crippen LogP contribution in [0.4, 0.5) is 5.69 Å². The van der Waals surface area contributed by atoms with Crippen LogP contribution >= 0.6 is 0 Å². The highest BCUT2D eigenvalue weighted by Gasteiger charge is 2.15. The smallest absolute Gasteiger partial charge is 0.306 e. The van der Waals surface area contributed by atoms with Crippen molar-refractivity contribution in [2.24, 2.45) is 0 Å². The fraction of sp³-hybridized carbons (Fsp3) is 0.375. The van der Waals surface area contributed by atoms with Crippen LogP contribution in [0.2, 0.25) is 0 Å². The molecule has 0 radical (unpaired) electrons. The molecule has 0 unspecified atom stereocenters. The SMILES string of the molecule is Cc1ccc(C(=O)CCC(=O)OCC(=O)N(C)Cc2ccc(N(C)C)cc2)cc1C. The number of likely N-dealkylation sites (N-methyl/N-ethyl adjacent to an activating group) is 1. The van der Waals surface area contributed by atoms with Gasteiger partial charge in [0.2, 0.25) is 0 Å². The highest BCUT2D eigenvalue weighted by Crippen LogP contribution is 2.14. The van der Waals surface area contributed by atoms with E-state index in [9.17, 15) is 14.4 Å². The van der Waals surface area contributed by atoms with Crippen LogP contribution in [-0.2, 0) is 20.9 Å². The normalized spacial score (nSPS) is 10.4. The van der Waals surface area contributed by atoms with Gasteiger partial charge in [0.15, 0.2) is 12.4 Å². The van der Waals surface area contributed by atoms with Crippen LogP contribution in [0.3, 0.4) is 0 Å². The van der Waals surface area contributed by atoms with E-state index < -0.39 is 5.97 Å². The Labute approximate surface area is 178 Å². The average Bonchev–Trinajstić information content (AvgIpc) is 2.72. The monoisotopic (exact) mass is 410 g/mol. The molecule has 0 N–H and O–H groups in total. The van der Waals surface area contributed by atoms with Crippen molar-refractivity contribution in [3.63, 3.8) is 0 Å². The van der Waals surface area contributed by atoms with Crippen LogP contribution < -0.4 is 4.90 Å². The third-order valence-electron chi connectivity index (χ3n) is 5.04. The lowest BCUT2D eigenvalue weighted by atomic mass is 10.0. The van der Waals surface area contributed by atoms with Gasteiger partial charge in [0.05, 0.1) is 6.42 Å². The van der Waals surface area contributed by atoms with Crippen molar-refractivity contribution in [1.29, 1.82) is 0 Å². The van der Waals surface area contributed by atoms with Crippen LogP contribution in [0.25, 0.3) is 0 Å². The van der Waals surface area contributed by atoms with E-state index in [1.807, 2.05) is 69.2 Å². The first-order valence-electron chi connectivity index (χ1n) is 9.93. The van der Waals surface area contributed by atoms with E-state index in [-0.39, 0.29) is 31.1 Å². The minimum atomic E-state index is -0.552. The number of hydrogen-bond acceptors (Lipinski definition) is 5. The molecule has 0 aliphatic rings. The molecule has 0 bridgehead atoms. The number of hydrogen-bond donors (Lipinski definition) is 0. The topological polar surface area (TPSA) is 66.9 Å². The summed E-state index contributed by atoms with van der Waals surface area (Å²) in [5, 5.41) is 0. The first kappa shape index (κ1) is 23.1. The van der Waals surface area contributed by atoms with Crippen LogP contribution in [0.1, 0.15) is 39.9 Å². The van der Waals surface area contributed by atoms with Gasteiger partial charge < -0.3 is 14.5 Å². The molecular weight excluding hydrogens is 380 g/mol. The van der Waals surface area contributed by atoms with Crippen LogP contribution in [-0.4, -0.2) is 50.3 Å². The van der Waals surface area contributed by atoms with Crippen LogP contribution in [0.15, 0.2) is 42.5 Å². The van der Waals surface area contributed by atoms with Gasteiger partial charge in [0.25, 0.3) is 5.91 Å². The Kier molecular flexibility index (Phi) is 8.16. The largest absolute Gasteiger partial charge is 0.456 e. The van der Waals surface area contributed by atoms with Gasteiger partial charge in [0.1, 0.15) is 0 Å². The second-order valence-electron chi connectivity index (χ2n) is 7.69. The Morgan fingerprint density at radius 2 is 1.53 bits per heavy atom. The molecule has 0 spiro atoms. The molecule has 0 aromatic heterocycles. The molecule has 0 fully saturated rings. The maximum absolute atomic E-state index is 12.2. The third-order valence-corrected chi connectivity index (χ3v) is 5.04. The van der Waals surface area contributed by atoms with E-state index >= 15 is 0 Å². The molecule has 0 atom stereocenters. The zero-order valence-electron chi connectivity index (χ0n) is 18.4. The maximum atomic E-state index is 12.2. The van der Waals surface area contributed by atoms with E-state index in [4.69, 9.17) is 4.74 Å². The van der Waals surface area contributed by atoms with E-state index in [0.29, 0.717) is 12.1 Å². The molecule has 2 rings (SSSR count). The maximum Gasteiger partial charge on any atom is 0.306 e. The predicted molar refractivity (Wildman–Crippen MR) is 118 cm³/mol. The average molecular weight is 411 g/mol. The van der Waals surface area contributed by atoms with Gasteiger partial charge in [-0.1, -0.05) is 24.3 Å². The van der Waals surface area contributed by atoms with Crippen molar-refractivity contribution in [3.8, 4) is 0 Å². The molecule has 30 heavy (non-hydrogen) atoms. The predicted octanol–water partition coefficient (Wildman–Crippen LogP) is 3.53. The molecule has 0 saturated heterocycles. The highest BCUT2D eigenvalue weighted by atomic mass is 16.5. The number of amides is 1. The number of rotatable bonds is 9. The number of aryl methyl sites for hydroxylation is 2. The highest BCUT2D eigenvalue weighted by molar-refractivity contribution is 5.97. The number of Topliss-reactive ketones (excluding diaryl/α,β-unsaturated/α-hetero) is 1. The quantitative estimate of drug-likeness (QED) is 0.467. The van der Waals surface area contributed by atoms with E-state index in [1.54, 1.807) is 13.1 Å². The lowest BCUT2D eigenvalue weighted by molar-refractivity contribution is -0.151. The van der Waals surface area contributed by atoms with E-state index in [1.165, 1.54) is 4.90 Å². The summed E-state index contributed by atoms with van der Waals surface area (Å²) in [6.45, 7) is 4.02. The molecule has 0 heterocycles. The molecule has 6 nitrogen and oxygen atoms in total. The van der Waals surface area contributed by atoms with E-state index in [2.05, 4.69) is 0 Å². The van der Waals surface area contributed by atoms with Gasteiger partial charge >= 0.3 is 5.97 Å². The minimum absolute atomic E-state index is 0.0469. The fourth-order valence-electron chi connectivity index (χ4n) is 2.86. The Morgan fingerprint density at radius 1 is 0.867 bits per heavy atom. The van der Waals surface area contributed by atoms with Gasteiger partial charge in [-0.2, -0.15) is 0 Å². The molecule has 6 heteroatoms. The van der Waals surface area contributed by atoms with Crippen LogP contribution in [0, 0.1) is 13.8 Å². The number of carbonyl (C=O) groups excluding carboxylic acids is 3. The second-order valence-corrected chi connectivity index (χ2v) is 7.69. The van der Waals surface area contributed by atoms with Crippen molar-refractivity contribution < 1.29 is 19.1 Å². The number of ketones is 1. The first-order chi connectivity index (χ1) is 14.2. The minimum Gasteiger partial charge on any atom is -0.456 e. The number of esters is 1. The summed E-state index contributed by atoms with van der Waals surface area (Å²) in [7, 11) is 5.60. The lowest BCUT2D eigenvalue weighted by Crippen LogP contribution is -2.30. The van der Waals surface area contributed by atoms with E-state index in [0.717, 1.165) is 22.4 Å². The molecule has 2 aromatic carbocycles. The standard InChI is InChI=1S/C24H30N2O4/c1-17-6-9-20(14-18(17)2)22(27)12-13-24(29)30-16-23(28)26(5)15-19-7-10-21(11-8-19)25(3)4/h6-11,14H,12-13,15-16H2,1-5H3. The molecule has 0 aliphatic heterocycles. The summed E-state index contributed by atoms with van der Waals surface area (Å²) in [6, 6.07) is 13.4. The van der Waals surface area contributed by atoms with Crippen molar-refractivity contribution in [2.75, 3.05) is 32.6 Å². The van der Waals surface area contributed by atoms with Gasteiger partial charge in [-0.25, -0.2) is 0 Å². The zero-order chi connectivity index (χ0) is 22.3. The van der Waals surface area contributed by atoms with Crippen molar-refractivity contribution in [1.82, 2.24) is 4.90 Å². The molecule has 2 aromatic rings. The van der Waals surface area contributed by atoms with Crippen molar-refractivity contribution >= 4 is 23.3 Å². The van der Waals surface area contributed by atoms with Gasteiger partial charge in [-0.15, -0.1) is 0 Å². The van der Waals surface area contributed by atoms with Gasteiger partial charge in [-0.3, -0.25) is 14.4 Å². The fourth-order valence-corrected chi connectivity index (χ4v) is 2.86. The molecule has 0 aliphatic carbocycles. The molecular formula is C24H30N2O4. The Balaban J connectivity index is 1.75. The Bertz CT molecular complexity index is 904. The number of benzene rings is 2. The zero-order valence-corrected chi connectivity index (χ0v) is 18.4. The third kappa shape index (κ3) is 6.72. The Morgan fingerprint density at radius 3 is 2.13 bits per heavy atom. The number of nitrogens with zero attached hydrogens (tertiary/aromatic N) is 2.